The van der Waals surface area contributed by atoms with Gasteiger partial charge in [0.15, 0.2) is 12.6 Å². The molecule has 1 amide bonds. The summed E-state index contributed by atoms with van der Waals surface area (Å²) in [5.41, 5.74) is -4.58. The molecule has 4 fully saturated rings. The number of sulfonamides is 1. The molecule has 16 nitrogen and oxygen atoms in total. The van der Waals surface area contributed by atoms with E-state index in [0.717, 1.165) is 19.3 Å². The first-order valence-corrected chi connectivity index (χ1v) is 22.0. The van der Waals surface area contributed by atoms with E-state index in [1.54, 1.807) is 48.5 Å². The van der Waals surface area contributed by atoms with Crippen LogP contribution in [0, 0.1) is 17.8 Å². The number of esters is 1. The van der Waals surface area contributed by atoms with Crippen LogP contribution in [0.25, 0.3) is 0 Å². The molecule has 0 radical (unpaired) electrons. The Morgan fingerprint density at radius 3 is 2.18 bits per heavy atom. The highest BCUT2D eigenvalue weighted by Gasteiger charge is 2.52. The highest BCUT2D eigenvalue weighted by Crippen LogP contribution is 2.40. The molecular formula is C39H70N2O14S. The first kappa shape index (κ1) is 47.2. The molecule has 326 valence electrons. The summed E-state index contributed by atoms with van der Waals surface area (Å²) < 4.78 is 66.8. The lowest BCUT2D eigenvalue weighted by Crippen LogP contribution is -2.61. The van der Waals surface area contributed by atoms with Crippen molar-refractivity contribution in [3.63, 3.8) is 0 Å². The summed E-state index contributed by atoms with van der Waals surface area (Å²) in [4.78, 5) is 27.5. The first-order chi connectivity index (χ1) is 26.0. The summed E-state index contributed by atoms with van der Waals surface area (Å²) in [6.45, 7) is 14.5. The van der Waals surface area contributed by atoms with Crippen molar-refractivity contribution in [1.82, 2.24) is 10.0 Å². The number of carbonyl (C=O) groups excluding carboxylic acids is 2. The smallest absolute Gasteiger partial charge is 0.311 e. The second-order valence-electron chi connectivity index (χ2n) is 17.7. The van der Waals surface area contributed by atoms with Crippen LogP contribution in [0.1, 0.15) is 120 Å². The molecule has 0 aromatic carbocycles. The third-order valence-electron chi connectivity index (χ3n) is 12.6. The number of nitrogens with one attached hydrogen (secondary N) is 2. The van der Waals surface area contributed by atoms with Crippen LogP contribution in [0.4, 0.5) is 0 Å². The summed E-state index contributed by atoms with van der Waals surface area (Å²) in [7, 11) is -2.33. The number of aliphatic hydroxyl groups is 4. The Morgan fingerprint density at radius 2 is 1.57 bits per heavy atom. The van der Waals surface area contributed by atoms with E-state index in [1.165, 1.54) is 21.0 Å². The molecule has 16 atom stereocenters. The largest absolute Gasteiger partial charge is 0.459 e. The molecule has 1 saturated carbocycles. The highest BCUT2D eigenvalue weighted by atomic mass is 32.2. The predicted molar refractivity (Wildman–Crippen MR) is 204 cm³/mol. The van der Waals surface area contributed by atoms with E-state index in [1.807, 2.05) is 0 Å². The Hall–Kier alpha value is -1.51. The number of amides is 1. The normalized spacial score (nSPS) is 45.7. The van der Waals surface area contributed by atoms with Gasteiger partial charge < -0.3 is 54.2 Å². The standard InChI is InChI=1S/C39H70N2O14S/c1-11-28-38(8,47)20-40-34(44)21(2)18-37(7,46)33(55-36-30(42)27(17-22(3)51-36)41-56(48,49)26-15-13-12-14-16-26)23(4)31(24(5)35(45)53-28)54-29-19-39(9,50-10)32(43)25(6)52-29/h21-33,36,41-43,46-47H,11-20H2,1-10H3,(H,40,44)/t21-,22-,23+,24-,25+,27+,28+,29+,30-,31-,32+,33-,36+,37-,38+,39-/m1/s1. The van der Waals surface area contributed by atoms with Crippen molar-refractivity contribution >= 4 is 21.9 Å². The van der Waals surface area contributed by atoms with Crippen LogP contribution in [0.3, 0.4) is 0 Å². The number of rotatable bonds is 9. The fourth-order valence-corrected chi connectivity index (χ4v) is 10.8. The van der Waals surface area contributed by atoms with Gasteiger partial charge >= 0.3 is 5.97 Å². The summed E-state index contributed by atoms with van der Waals surface area (Å²) >= 11 is 0. The zero-order chi connectivity index (χ0) is 42.0. The van der Waals surface area contributed by atoms with E-state index in [9.17, 15) is 38.4 Å². The lowest BCUT2D eigenvalue weighted by molar-refractivity contribution is -0.315. The van der Waals surface area contributed by atoms with Gasteiger partial charge in [0.2, 0.25) is 15.9 Å². The summed E-state index contributed by atoms with van der Waals surface area (Å²) in [5.74, 6) is -4.03. The second-order valence-corrected chi connectivity index (χ2v) is 19.7. The van der Waals surface area contributed by atoms with Gasteiger partial charge in [0, 0.05) is 31.9 Å². The third-order valence-corrected chi connectivity index (χ3v) is 14.6. The van der Waals surface area contributed by atoms with Crippen LogP contribution >= 0.6 is 0 Å². The van der Waals surface area contributed by atoms with Gasteiger partial charge in [0.05, 0.1) is 52.8 Å². The van der Waals surface area contributed by atoms with Crippen molar-refractivity contribution in [3.05, 3.63) is 0 Å². The molecule has 4 aliphatic rings. The van der Waals surface area contributed by atoms with Gasteiger partial charge in [0.1, 0.15) is 23.9 Å². The minimum atomic E-state index is -3.80. The van der Waals surface area contributed by atoms with Gasteiger partial charge in [-0.3, -0.25) is 9.59 Å². The third kappa shape index (κ3) is 11.0. The van der Waals surface area contributed by atoms with Crippen molar-refractivity contribution in [1.29, 1.82) is 0 Å². The Kier molecular flexibility index (Phi) is 15.9. The number of cyclic esters (lactones) is 1. The molecule has 56 heavy (non-hydrogen) atoms. The number of methoxy groups -OCH3 is 1. The Labute approximate surface area is 333 Å². The van der Waals surface area contributed by atoms with Crippen LogP contribution in [0.2, 0.25) is 0 Å². The van der Waals surface area contributed by atoms with Gasteiger partial charge in [-0.15, -0.1) is 0 Å². The maximum atomic E-state index is 14.1. The van der Waals surface area contributed by atoms with Crippen LogP contribution in [0.5, 0.6) is 0 Å². The maximum absolute atomic E-state index is 14.1. The van der Waals surface area contributed by atoms with Crippen LogP contribution in [0.15, 0.2) is 0 Å². The molecular weight excluding hydrogens is 752 g/mol. The van der Waals surface area contributed by atoms with Gasteiger partial charge in [0.25, 0.3) is 0 Å². The van der Waals surface area contributed by atoms with Crippen LogP contribution in [-0.2, 0) is 48.0 Å². The van der Waals surface area contributed by atoms with Gasteiger partial charge in [-0.05, 0) is 73.6 Å². The van der Waals surface area contributed by atoms with E-state index >= 15 is 0 Å². The highest BCUT2D eigenvalue weighted by molar-refractivity contribution is 7.90. The number of hydrogen-bond acceptors (Lipinski definition) is 14. The Bertz CT molecular complexity index is 1430. The molecule has 0 bridgehead atoms. The molecule has 0 spiro atoms. The topological polar surface area (TPSA) is 229 Å². The average Bonchev–Trinajstić information content (AvgIpc) is 3.13. The van der Waals surface area contributed by atoms with E-state index in [2.05, 4.69) is 10.0 Å². The molecule has 3 aliphatic heterocycles. The number of ether oxygens (including phenoxy) is 6. The van der Waals surface area contributed by atoms with E-state index in [4.69, 9.17) is 28.4 Å². The van der Waals surface area contributed by atoms with Crippen molar-refractivity contribution in [2.75, 3.05) is 13.7 Å². The maximum Gasteiger partial charge on any atom is 0.311 e. The molecule has 0 unspecified atom stereocenters. The van der Waals surface area contributed by atoms with Crippen molar-refractivity contribution in [2.24, 2.45) is 17.8 Å². The van der Waals surface area contributed by atoms with Crippen molar-refractivity contribution < 1.29 is 66.9 Å². The monoisotopic (exact) mass is 822 g/mol. The molecule has 1 aliphatic carbocycles. The Morgan fingerprint density at radius 1 is 0.929 bits per heavy atom. The number of β-amino-alcohol motifs (C(OH)–C–C–N with tert-alkyl or cyclic N) is 1. The number of aliphatic hydroxyl groups excluding tert-OH is 2. The van der Waals surface area contributed by atoms with Crippen LogP contribution in [-0.4, -0.2) is 138 Å². The number of hydrogen-bond donors (Lipinski definition) is 6. The summed E-state index contributed by atoms with van der Waals surface area (Å²) in [6.07, 6.45) is -5.79. The van der Waals surface area contributed by atoms with Crippen molar-refractivity contribution in [3.8, 4) is 0 Å². The SMILES string of the molecule is CC[C@@H]1OC(=O)[C@H](C)[C@H](O[C@H]2C[C@@](C)(OC)[C@@H](O)[C@H](C)O2)[C@H](C)[C@@H](O[C@@H]2O[C@H](C)C[C@H](NS(=O)(=O)C3CCCCC3)[C@H]2O)[C@](C)(O)C[C@@H](C)C(=O)NC[C@]1(C)O. The average molecular weight is 823 g/mol. The molecule has 0 aromatic heterocycles. The van der Waals surface area contributed by atoms with Gasteiger partial charge in [-0.1, -0.05) is 40.0 Å². The van der Waals surface area contributed by atoms with Crippen LogP contribution < -0.4 is 10.0 Å². The predicted octanol–water partition coefficient (Wildman–Crippen LogP) is 2.03. The Balaban J connectivity index is 1.75. The van der Waals surface area contributed by atoms with E-state index in [0.29, 0.717) is 12.8 Å². The summed E-state index contributed by atoms with van der Waals surface area (Å²) in [5, 5.41) is 48.6. The summed E-state index contributed by atoms with van der Waals surface area (Å²) in [6, 6.07) is -0.964. The van der Waals surface area contributed by atoms with Gasteiger partial charge in [-0.25, -0.2) is 13.1 Å². The van der Waals surface area contributed by atoms with E-state index in [-0.39, 0.29) is 32.2 Å². The van der Waals surface area contributed by atoms with E-state index < -0.39 is 123 Å². The minimum Gasteiger partial charge on any atom is -0.459 e. The molecule has 3 heterocycles. The zero-order valence-corrected chi connectivity index (χ0v) is 35.8. The lowest BCUT2D eigenvalue weighted by Gasteiger charge is -2.48. The first-order valence-electron chi connectivity index (χ1n) is 20.4. The van der Waals surface area contributed by atoms with Gasteiger partial charge in [-0.2, -0.15) is 0 Å². The zero-order valence-electron chi connectivity index (χ0n) is 34.9. The fraction of sp³-hybridized carbons (Fsp3) is 0.949. The number of carbonyl (C=O) groups is 2. The molecule has 4 rings (SSSR count). The second kappa shape index (κ2) is 18.8. The molecule has 0 aromatic rings. The fourth-order valence-electron chi connectivity index (χ4n) is 9.00. The quantitative estimate of drug-likeness (QED) is 0.183. The molecule has 3 saturated heterocycles. The van der Waals surface area contributed by atoms with Crippen molar-refractivity contribution in [2.45, 2.75) is 204 Å². The molecule has 17 heteroatoms. The lowest BCUT2D eigenvalue weighted by atomic mass is 9.77. The minimum absolute atomic E-state index is 0.0657. The molecule has 6 N–H and O–H groups in total.